The lowest BCUT2D eigenvalue weighted by atomic mass is 9.93. The van der Waals surface area contributed by atoms with E-state index >= 15 is 0 Å². The number of piperidine rings is 1. The zero-order chi connectivity index (χ0) is 10.8. The third-order valence-corrected chi connectivity index (χ3v) is 4.93. The van der Waals surface area contributed by atoms with Gasteiger partial charge >= 0.3 is 0 Å². The van der Waals surface area contributed by atoms with Crippen LogP contribution in [0.5, 0.6) is 0 Å². The molecular formula is C11H16BrNOS. The first kappa shape index (κ1) is 11.6. The van der Waals surface area contributed by atoms with Crippen LogP contribution in [0.1, 0.15) is 28.7 Å². The van der Waals surface area contributed by atoms with E-state index in [1.807, 2.05) is 0 Å². The van der Waals surface area contributed by atoms with Crippen LogP contribution in [0.15, 0.2) is 10.5 Å². The number of thiophene rings is 1. The molecule has 0 aliphatic carbocycles. The molecule has 2 unspecified atom stereocenters. The Kier molecular flexibility index (Phi) is 3.83. The first-order chi connectivity index (χ1) is 7.18. The van der Waals surface area contributed by atoms with Gasteiger partial charge in [0.1, 0.15) is 0 Å². The molecule has 0 amide bonds. The number of halogens is 1. The lowest BCUT2D eigenvalue weighted by Crippen LogP contribution is -2.33. The molecule has 1 fully saturated rings. The Labute approximate surface area is 103 Å². The van der Waals surface area contributed by atoms with Crippen LogP contribution >= 0.6 is 27.3 Å². The summed E-state index contributed by atoms with van der Waals surface area (Å²) in [5.74, 6) is 0.369. The molecule has 1 aliphatic rings. The average Bonchev–Trinajstić information content (AvgIpc) is 2.58. The van der Waals surface area contributed by atoms with Gasteiger partial charge in [0, 0.05) is 26.7 Å². The molecule has 2 atom stereocenters. The fourth-order valence-corrected chi connectivity index (χ4v) is 4.03. The van der Waals surface area contributed by atoms with Gasteiger partial charge in [0.2, 0.25) is 0 Å². The Morgan fingerprint density at radius 3 is 3.00 bits per heavy atom. The third-order valence-electron chi connectivity index (χ3n) is 2.89. The lowest BCUT2D eigenvalue weighted by Gasteiger charge is -2.26. The largest absolute Gasteiger partial charge is 0.387 e. The Bertz CT molecular complexity index is 333. The summed E-state index contributed by atoms with van der Waals surface area (Å²) in [7, 11) is 0. The summed E-state index contributed by atoms with van der Waals surface area (Å²) in [5.41, 5.74) is 0. The van der Waals surface area contributed by atoms with Crippen LogP contribution in [-0.4, -0.2) is 18.2 Å². The van der Waals surface area contributed by atoms with Gasteiger partial charge in [0.25, 0.3) is 0 Å². The number of aliphatic hydroxyl groups excluding tert-OH is 1. The Morgan fingerprint density at radius 1 is 1.67 bits per heavy atom. The average molecular weight is 290 g/mol. The lowest BCUT2D eigenvalue weighted by molar-refractivity contribution is 0.0947. The van der Waals surface area contributed by atoms with E-state index in [1.54, 1.807) is 11.3 Å². The van der Waals surface area contributed by atoms with Crippen molar-refractivity contribution in [2.75, 3.05) is 13.1 Å². The molecular weight excluding hydrogens is 274 g/mol. The Balaban J connectivity index is 2.12. The van der Waals surface area contributed by atoms with E-state index in [9.17, 15) is 5.11 Å². The normalized spacial score (nSPS) is 24.1. The second-order valence-electron chi connectivity index (χ2n) is 4.12. The summed E-state index contributed by atoms with van der Waals surface area (Å²) in [4.78, 5) is 2.33. The third kappa shape index (κ3) is 2.61. The van der Waals surface area contributed by atoms with Gasteiger partial charge in [0.05, 0.1) is 6.10 Å². The SMILES string of the molecule is Cc1cc(Br)c(C(O)C2CCCNC2)s1. The fourth-order valence-electron chi connectivity index (χ4n) is 2.07. The van der Waals surface area contributed by atoms with Crippen LogP contribution in [0.25, 0.3) is 0 Å². The van der Waals surface area contributed by atoms with E-state index in [0.717, 1.165) is 28.9 Å². The molecule has 0 aromatic carbocycles. The summed E-state index contributed by atoms with van der Waals surface area (Å²) in [6, 6.07) is 2.08. The molecule has 1 aromatic rings. The van der Waals surface area contributed by atoms with Crippen LogP contribution in [0, 0.1) is 12.8 Å². The molecule has 0 radical (unpaired) electrons. The summed E-state index contributed by atoms with van der Waals surface area (Å²) in [6.45, 7) is 4.10. The van der Waals surface area contributed by atoms with Gasteiger partial charge in [0.15, 0.2) is 0 Å². The second kappa shape index (κ2) is 4.95. The highest BCUT2D eigenvalue weighted by atomic mass is 79.9. The van der Waals surface area contributed by atoms with Crippen molar-refractivity contribution in [2.45, 2.75) is 25.9 Å². The predicted molar refractivity (Wildman–Crippen MR) is 67.3 cm³/mol. The van der Waals surface area contributed by atoms with E-state index in [4.69, 9.17) is 0 Å². The molecule has 1 saturated heterocycles. The van der Waals surface area contributed by atoms with Gasteiger partial charge in [-0.25, -0.2) is 0 Å². The minimum absolute atomic E-state index is 0.314. The minimum atomic E-state index is -0.314. The summed E-state index contributed by atoms with van der Waals surface area (Å²) >= 11 is 5.21. The molecule has 84 valence electrons. The first-order valence-corrected chi connectivity index (χ1v) is 6.94. The Morgan fingerprint density at radius 2 is 2.47 bits per heavy atom. The van der Waals surface area contributed by atoms with Crippen LogP contribution in [0.2, 0.25) is 0 Å². The highest BCUT2D eigenvalue weighted by Crippen LogP contribution is 2.37. The smallest absolute Gasteiger partial charge is 0.0933 e. The van der Waals surface area contributed by atoms with Crippen LogP contribution < -0.4 is 5.32 Å². The number of aryl methyl sites for hydroxylation is 1. The van der Waals surface area contributed by atoms with Gasteiger partial charge in [-0.2, -0.15) is 0 Å². The van der Waals surface area contributed by atoms with Gasteiger partial charge in [-0.3, -0.25) is 0 Å². The predicted octanol–water partition coefficient (Wildman–Crippen LogP) is 2.85. The molecule has 0 saturated carbocycles. The second-order valence-corrected chi connectivity index (χ2v) is 6.26. The minimum Gasteiger partial charge on any atom is -0.387 e. The molecule has 2 rings (SSSR count). The molecule has 0 spiro atoms. The molecule has 1 aliphatic heterocycles. The highest BCUT2D eigenvalue weighted by Gasteiger charge is 2.25. The maximum absolute atomic E-state index is 10.3. The number of aliphatic hydroxyl groups is 1. The number of nitrogens with one attached hydrogen (secondary N) is 1. The highest BCUT2D eigenvalue weighted by molar-refractivity contribution is 9.10. The zero-order valence-corrected chi connectivity index (χ0v) is 11.2. The van der Waals surface area contributed by atoms with Crippen molar-refractivity contribution in [2.24, 2.45) is 5.92 Å². The van der Waals surface area contributed by atoms with Gasteiger partial charge < -0.3 is 10.4 Å². The zero-order valence-electron chi connectivity index (χ0n) is 8.79. The van der Waals surface area contributed by atoms with Crippen LogP contribution in [0.4, 0.5) is 0 Å². The van der Waals surface area contributed by atoms with Gasteiger partial charge in [-0.05, 0) is 48.3 Å². The van der Waals surface area contributed by atoms with Crippen molar-refractivity contribution in [1.82, 2.24) is 5.32 Å². The van der Waals surface area contributed by atoms with Crippen molar-refractivity contribution in [3.05, 3.63) is 20.3 Å². The summed E-state index contributed by atoms with van der Waals surface area (Å²) in [5, 5.41) is 13.6. The quantitative estimate of drug-likeness (QED) is 0.878. The molecule has 2 heterocycles. The molecule has 0 bridgehead atoms. The van der Waals surface area contributed by atoms with Crippen LogP contribution in [-0.2, 0) is 0 Å². The molecule has 15 heavy (non-hydrogen) atoms. The van der Waals surface area contributed by atoms with E-state index < -0.39 is 0 Å². The van der Waals surface area contributed by atoms with Crippen molar-refractivity contribution < 1.29 is 5.11 Å². The summed E-state index contributed by atoms with van der Waals surface area (Å²) < 4.78 is 1.06. The fraction of sp³-hybridized carbons (Fsp3) is 0.636. The molecule has 4 heteroatoms. The van der Waals surface area contributed by atoms with E-state index in [2.05, 4.69) is 34.2 Å². The van der Waals surface area contributed by atoms with Gasteiger partial charge in [-0.15, -0.1) is 11.3 Å². The van der Waals surface area contributed by atoms with E-state index in [1.165, 1.54) is 11.3 Å². The van der Waals surface area contributed by atoms with Crippen molar-refractivity contribution >= 4 is 27.3 Å². The maximum atomic E-state index is 10.3. The first-order valence-electron chi connectivity index (χ1n) is 5.33. The maximum Gasteiger partial charge on any atom is 0.0933 e. The monoisotopic (exact) mass is 289 g/mol. The van der Waals surface area contributed by atoms with E-state index in [-0.39, 0.29) is 6.10 Å². The van der Waals surface area contributed by atoms with E-state index in [0.29, 0.717) is 5.92 Å². The molecule has 1 aromatic heterocycles. The molecule has 2 nitrogen and oxygen atoms in total. The van der Waals surface area contributed by atoms with Crippen molar-refractivity contribution in [3.8, 4) is 0 Å². The van der Waals surface area contributed by atoms with Crippen LogP contribution in [0.3, 0.4) is 0 Å². The van der Waals surface area contributed by atoms with Crippen molar-refractivity contribution in [3.63, 3.8) is 0 Å². The number of hydrogen-bond acceptors (Lipinski definition) is 3. The standard InChI is InChI=1S/C11H16BrNOS/c1-7-5-9(12)11(15-7)10(14)8-3-2-4-13-6-8/h5,8,10,13-14H,2-4,6H2,1H3. The molecule has 2 N–H and O–H groups in total. The number of rotatable bonds is 2. The topological polar surface area (TPSA) is 32.3 Å². The van der Waals surface area contributed by atoms with Crippen molar-refractivity contribution in [1.29, 1.82) is 0 Å². The Hall–Kier alpha value is 0.1000. The summed E-state index contributed by atoms with van der Waals surface area (Å²) in [6.07, 6.45) is 1.98. The van der Waals surface area contributed by atoms with Gasteiger partial charge in [-0.1, -0.05) is 0 Å². The number of hydrogen-bond donors (Lipinski definition) is 2.